The molecule has 0 saturated heterocycles. The Kier molecular flexibility index (Phi) is 4.33. The second-order valence-electron chi connectivity index (χ2n) is 5.38. The van der Waals surface area contributed by atoms with E-state index in [0.717, 1.165) is 12.8 Å². The standard InChI is InChI=1S/C12H24N2O2/c1-8(2)9(3)16-7-12(4,11(13)15)14-10-5-6-10/h8-10,14H,5-7H2,1-4H3,(H2,13,15). The van der Waals surface area contributed by atoms with Crippen LogP contribution in [0.15, 0.2) is 0 Å². The van der Waals surface area contributed by atoms with Gasteiger partial charge in [0.15, 0.2) is 0 Å². The molecule has 0 aliphatic heterocycles. The Labute approximate surface area is 97.9 Å². The molecule has 16 heavy (non-hydrogen) atoms. The number of nitrogens with one attached hydrogen (secondary N) is 1. The normalized spacial score (nSPS) is 21.8. The van der Waals surface area contributed by atoms with Crippen molar-refractivity contribution in [1.82, 2.24) is 5.32 Å². The summed E-state index contributed by atoms with van der Waals surface area (Å²) in [6, 6.07) is 0.440. The smallest absolute Gasteiger partial charge is 0.239 e. The van der Waals surface area contributed by atoms with Crippen molar-refractivity contribution < 1.29 is 9.53 Å². The van der Waals surface area contributed by atoms with Crippen LogP contribution in [-0.4, -0.2) is 30.2 Å². The van der Waals surface area contributed by atoms with Crippen LogP contribution in [0.1, 0.15) is 40.5 Å². The van der Waals surface area contributed by atoms with Gasteiger partial charge >= 0.3 is 0 Å². The van der Waals surface area contributed by atoms with E-state index in [-0.39, 0.29) is 12.0 Å². The van der Waals surface area contributed by atoms with Crippen molar-refractivity contribution in [2.45, 2.75) is 58.2 Å². The maximum atomic E-state index is 11.4. The van der Waals surface area contributed by atoms with Gasteiger partial charge in [-0.15, -0.1) is 0 Å². The van der Waals surface area contributed by atoms with Crippen molar-refractivity contribution in [2.24, 2.45) is 11.7 Å². The Morgan fingerprint density at radius 1 is 1.50 bits per heavy atom. The molecule has 2 unspecified atom stereocenters. The zero-order chi connectivity index (χ0) is 12.3. The Balaban J connectivity index is 2.46. The molecule has 2 atom stereocenters. The minimum absolute atomic E-state index is 0.139. The molecule has 1 aliphatic rings. The highest BCUT2D eigenvalue weighted by molar-refractivity contribution is 5.84. The van der Waals surface area contributed by atoms with Crippen LogP contribution in [0.2, 0.25) is 0 Å². The van der Waals surface area contributed by atoms with E-state index >= 15 is 0 Å². The molecular weight excluding hydrogens is 204 g/mol. The predicted octanol–water partition coefficient (Wildman–Crippen LogP) is 1.04. The molecule has 1 amide bonds. The van der Waals surface area contributed by atoms with Gasteiger partial charge in [-0.25, -0.2) is 0 Å². The third kappa shape index (κ3) is 3.76. The first-order valence-corrected chi connectivity index (χ1v) is 6.04. The highest BCUT2D eigenvalue weighted by Gasteiger charge is 2.37. The van der Waals surface area contributed by atoms with Crippen molar-refractivity contribution in [3.8, 4) is 0 Å². The fourth-order valence-electron chi connectivity index (χ4n) is 1.35. The third-order valence-electron chi connectivity index (χ3n) is 3.22. The number of nitrogens with two attached hydrogens (primary N) is 1. The lowest BCUT2D eigenvalue weighted by Crippen LogP contribution is -2.57. The molecule has 0 spiro atoms. The van der Waals surface area contributed by atoms with Crippen LogP contribution < -0.4 is 11.1 Å². The lowest BCUT2D eigenvalue weighted by molar-refractivity contribution is -0.127. The summed E-state index contributed by atoms with van der Waals surface area (Å²) in [5, 5.41) is 3.26. The Morgan fingerprint density at radius 3 is 2.44 bits per heavy atom. The quantitative estimate of drug-likeness (QED) is 0.684. The number of rotatable bonds is 7. The van der Waals surface area contributed by atoms with Crippen LogP contribution in [-0.2, 0) is 9.53 Å². The Hall–Kier alpha value is -0.610. The number of primary amides is 1. The molecule has 0 aromatic heterocycles. The van der Waals surface area contributed by atoms with E-state index in [4.69, 9.17) is 10.5 Å². The van der Waals surface area contributed by atoms with E-state index in [1.54, 1.807) is 0 Å². The zero-order valence-corrected chi connectivity index (χ0v) is 10.7. The maximum absolute atomic E-state index is 11.4. The molecule has 1 aliphatic carbocycles. The fourth-order valence-corrected chi connectivity index (χ4v) is 1.35. The Bertz CT molecular complexity index is 251. The lowest BCUT2D eigenvalue weighted by atomic mass is 10.0. The van der Waals surface area contributed by atoms with Crippen LogP contribution in [0, 0.1) is 5.92 Å². The van der Waals surface area contributed by atoms with E-state index < -0.39 is 5.54 Å². The SMILES string of the molecule is CC(C)C(C)OCC(C)(NC1CC1)C(N)=O. The minimum atomic E-state index is -0.732. The van der Waals surface area contributed by atoms with Crippen LogP contribution in [0.25, 0.3) is 0 Å². The van der Waals surface area contributed by atoms with Crippen molar-refractivity contribution in [3.05, 3.63) is 0 Å². The largest absolute Gasteiger partial charge is 0.376 e. The number of carbonyl (C=O) groups is 1. The molecule has 1 saturated carbocycles. The van der Waals surface area contributed by atoms with Crippen molar-refractivity contribution in [1.29, 1.82) is 0 Å². The minimum Gasteiger partial charge on any atom is -0.376 e. The second kappa shape index (κ2) is 5.15. The second-order valence-corrected chi connectivity index (χ2v) is 5.38. The molecule has 4 heteroatoms. The highest BCUT2D eigenvalue weighted by atomic mass is 16.5. The molecule has 94 valence electrons. The van der Waals surface area contributed by atoms with Gasteiger partial charge in [-0.3, -0.25) is 10.1 Å². The van der Waals surface area contributed by atoms with Crippen LogP contribution >= 0.6 is 0 Å². The molecular formula is C12H24N2O2. The highest BCUT2D eigenvalue weighted by Crippen LogP contribution is 2.23. The summed E-state index contributed by atoms with van der Waals surface area (Å²) >= 11 is 0. The van der Waals surface area contributed by atoms with Gasteiger partial charge in [-0.1, -0.05) is 13.8 Å². The number of hydrogen-bond donors (Lipinski definition) is 2. The summed E-state index contributed by atoms with van der Waals surface area (Å²) in [5.41, 5.74) is 4.70. The molecule has 0 aromatic rings. The van der Waals surface area contributed by atoms with Gasteiger partial charge in [0, 0.05) is 6.04 Å². The van der Waals surface area contributed by atoms with Gasteiger partial charge in [0.2, 0.25) is 5.91 Å². The summed E-state index contributed by atoms with van der Waals surface area (Å²) in [6.45, 7) is 8.38. The van der Waals surface area contributed by atoms with E-state index in [9.17, 15) is 4.79 Å². The first-order valence-electron chi connectivity index (χ1n) is 6.04. The van der Waals surface area contributed by atoms with Gasteiger partial charge in [-0.2, -0.15) is 0 Å². The summed E-state index contributed by atoms with van der Waals surface area (Å²) in [6.07, 6.45) is 2.39. The Morgan fingerprint density at radius 2 is 2.06 bits per heavy atom. The number of ether oxygens (including phenoxy) is 1. The van der Waals surface area contributed by atoms with Gasteiger partial charge in [0.1, 0.15) is 5.54 Å². The molecule has 3 N–H and O–H groups in total. The van der Waals surface area contributed by atoms with Gasteiger partial charge in [-0.05, 0) is 32.6 Å². The van der Waals surface area contributed by atoms with Crippen LogP contribution in [0.3, 0.4) is 0 Å². The number of carbonyl (C=O) groups excluding carboxylic acids is 1. The molecule has 0 bridgehead atoms. The first kappa shape index (κ1) is 13.5. The van der Waals surface area contributed by atoms with E-state index in [2.05, 4.69) is 19.2 Å². The molecule has 0 heterocycles. The molecule has 4 nitrogen and oxygen atoms in total. The first-order chi connectivity index (χ1) is 7.35. The fraction of sp³-hybridized carbons (Fsp3) is 0.917. The lowest BCUT2D eigenvalue weighted by Gasteiger charge is -2.29. The van der Waals surface area contributed by atoms with Crippen molar-refractivity contribution in [3.63, 3.8) is 0 Å². The summed E-state index contributed by atoms with van der Waals surface area (Å²) in [7, 11) is 0. The maximum Gasteiger partial charge on any atom is 0.239 e. The summed E-state index contributed by atoms with van der Waals surface area (Å²) in [5.74, 6) is 0.105. The van der Waals surface area contributed by atoms with E-state index in [0.29, 0.717) is 18.6 Å². The van der Waals surface area contributed by atoms with Gasteiger partial charge in [0.05, 0.1) is 12.7 Å². The number of amides is 1. The zero-order valence-electron chi connectivity index (χ0n) is 10.7. The molecule has 1 rings (SSSR count). The van der Waals surface area contributed by atoms with Crippen LogP contribution in [0.4, 0.5) is 0 Å². The topological polar surface area (TPSA) is 64.3 Å². The van der Waals surface area contributed by atoms with Crippen LogP contribution in [0.5, 0.6) is 0 Å². The third-order valence-corrected chi connectivity index (χ3v) is 3.22. The van der Waals surface area contributed by atoms with Gasteiger partial charge < -0.3 is 10.5 Å². The predicted molar refractivity (Wildman–Crippen MR) is 64.0 cm³/mol. The molecule has 0 radical (unpaired) electrons. The average molecular weight is 228 g/mol. The summed E-state index contributed by atoms with van der Waals surface area (Å²) in [4.78, 5) is 11.4. The van der Waals surface area contributed by atoms with Crippen molar-refractivity contribution in [2.75, 3.05) is 6.61 Å². The monoisotopic (exact) mass is 228 g/mol. The van der Waals surface area contributed by atoms with Gasteiger partial charge in [0.25, 0.3) is 0 Å². The summed E-state index contributed by atoms with van der Waals surface area (Å²) < 4.78 is 5.70. The number of hydrogen-bond acceptors (Lipinski definition) is 3. The average Bonchev–Trinajstić information content (AvgIpc) is 2.97. The molecule has 1 fully saturated rings. The van der Waals surface area contributed by atoms with Crippen molar-refractivity contribution >= 4 is 5.91 Å². The van der Waals surface area contributed by atoms with E-state index in [1.807, 2.05) is 13.8 Å². The van der Waals surface area contributed by atoms with E-state index in [1.165, 1.54) is 0 Å². The molecule has 0 aromatic carbocycles.